The van der Waals surface area contributed by atoms with E-state index in [1.54, 1.807) is 0 Å². The molecular formula is C26H33N5OS. The maximum atomic E-state index is 12.5. The van der Waals surface area contributed by atoms with Crippen LogP contribution in [0, 0.1) is 6.92 Å². The molecule has 4 rings (SSSR count). The molecule has 0 bridgehead atoms. The number of carbonyl (C=O) groups excluding carboxylic acids is 1. The Morgan fingerprint density at radius 1 is 1.18 bits per heavy atom. The predicted octanol–water partition coefficient (Wildman–Crippen LogP) is 4.43. The number of aromatic nitrogens is 2. The lowest BCUT2D eigenvalue weighted by Crippen LogP contribution is -2.37. The third-order valence-electron chi connectivity index (χ3n) is 6.52. The number of nitrogens with one attached hydrogen (secondary N) is 1. The fourth-order valence-corrected chi connectivity index (χ4v) is 5.19. The van der Waals surface area contributed by atoms with Crippen molar-refractivity contribution in [3.63, 3.8) is 0 Å². The van der Waals surface area contributed by atoms with Crippen LogP contribution in [0.2, 0.25) is 0 Å². The van der Waals surface area contributed by atoms with E-state index >= 15 is 0 Å². The van der Waals surface area contributed by atoms with Gasteiger partial charge in [0.05, 0.1) is 6.54 Å². The highest BCUT2D eigenvalue weighted by molar-refractivity contribution is 7.13. The van der Waals surface area contributed by atoms with Gasteiger partial charge in [-0.15, -0.1) is 10.2 Å². The second kappa shape index (κ2) is 11.0. The molecule has 7 heteroatoms. The average molecular weight is 464 g/mol. The summed E-state index contributed by atoms with van der Waals surface area (Å²) in [4.78, 5) is 17.6. The van der Waals surface area contributed by atoms with Gasteiger partial charge in [0.2, 0.25) is 5.01 Å². The number of likely N-dealkylation sites (N-methyl/N-ethyl adjacent to an activating group) is 1. The molecule has 1 saturated heterocycles. The molecule has 0 spiro atoms. The van der Waals surface area contributed by atoms with Gasteiger partial charge in [0, 0.05) is 31.7 Å². The quantitative estimate of drug-likeness (QED) is 0.509. The minimum Gasteiger partial charge on any atom is -0.346 e. The van der Waals surface area contributed by atoms with Crippen molar-refractivity contribution in [3.05, 3.63) is 81.3 Å². The highest BCUT2D eigenvalue weighted by Gasteiger charge is 2.30. The number of carbonyl (C=O) groups is 1. The summed E-state index contributed by atoms with van der Waals surface area (Å²) in [5, 5.41) is 12.8. The van der Waals surface area contributed by atoms with Gasteiger partial charge in [0.25, 0.3) is 5.91 Å². The summed E-state index contributed by atoms with van der Waals surface area (Å²) in [6.45, 7) is 10.9. The Labute approximate surface area is 200 Å². The molecule has 3 aromatic rings. The number of hydrogen-bond donors (Lipinski definition) is 1. The molecule has 1 aliphatic heterocycles. The van der Waals surface area contributed by atoms with Gasteiger partial charge in [0.1, 0.15) is 5.01 Å². The summed E-state index contributed by atoms with van der Waals surface area (Å²) in [6, 6.07) is 19.8. The molecule has 33 heavy (non-hydrogen) atoms. The van der Waals surface area contributed by atoms with E-state index in [2.05, 4.69) is 88.5 Å². The van der Waals surface area contributed by atoms with E-state index in [0.29, 0.717) is 23.6 Å². The predicted molar refractivity (Wildman–Crippen MR) is 133 cm³/mol. The van der Waals surface area contributed by atoms with Gasteiger partial charge in [0.15, 0.2) is 0 Å². The van der Waals surface area contributed by atoms with Crippen molar-refractivity contribution in [2.75, 3.05) is 19.6 Å². The van der Waals surface area contributed by atoms with Crippen molar-refractivity contribution in [2.24, 2.45) is 0 Å². The molecule has 1 fully saturated rings. The minimum atomic E-state index is -0.161. The first-order valence-corrected chi connectivity index (χ1v) is 12.5. The van der Waals surface area contributed by atoms with E-state index in [-0.39, 0.29) is 5.91 Å². The molecule has 2 heterocycles. The van der Waals surface area contributed by atoms with Gasteiger partial charge < -0.3 is 5.32 Å². The second-order valence-electron chi connectivity index (χ2n) is 8.76. The van der Waals surface area contributed by atoms with Crippen molar-refractivity contribution < 1.29 is 4.79 Å². The summed E-state index contributed by atoms with van der Waals surface area (Å²) < 4.78 is 0. The summed E-state index contributed by atoms with van der Waals surface area (Å²) in [5.41, 5.74) is 3.65. The third-order valence-corrected chi connectivity index (χ3v) is 7.43. The van der Waals surface area contributed by atoms with E-state index in [0.717, 1.165) is 43.2 Å². The van der Waals surface area contributed by atoms with Crippen LogP contribution in [0.1, 0.15) is 57.8 Å². The summed E-state index contributed by atoms with van der Waals surface area (Å²) in [7, 11) is 0. The standard InChI is InChI=1S/C26H33N5OS/c1-4-30(23-14-15-31(17-23)20(3)22-8-6-5-7-9-22)18-24-28-29-26(33-24)25(32)27-16-21-12-10-19(2)11-13-21/h5-13,20,23H,4,14-18H2,1-3H3,(H,27,32). The maximum Gasteiger partial charge on any atom is 0.282 e. The van der Waals surface area contributed by atoms with Crippen LogP contribution in [-0.2, 0) is 13.1 Å². The highest BCUT2D eigenvalue weighted by Crippen LogP contribution is 2.27. The molecule has 0 saturated carbocycles. The van der Waals surface area contributed by atoms with Crippen LogP contribution in [0.3, 0.4) is 0 Å². The lowest BCUT2D eigenvalue weighted by molar-refractivity contribution is 0.0950. The topological polar surface area (TPSA) is 61.4 Å². The zero-order valence-corrected chi connectivity index (χ0v) is 20.5. The van der Waals surface area contributed by atoms with E-state index in [1.165, 1.54) is 22.5 Å². The van der Waals surface area contributed by atoms with Crippen LogP contribution in [0.5, 0.6) is 0 Å². The Morgan fingerprint density at radius 3 is 2.67 bits per heavy atom. The van der Waals surface area contributed by atoms with E-state index < -0.39 is 0 Å². The van der Waals surface area contributed by atoms with Crippen molar-refractivity contribution in [2.45, 2.75) is 52.4 Å². The van der Waals surface area contributed by atoms with Crippen LogP contribution in [0.4, 0.5) is 0 Å². The second-order valence-corrected chi connectivity index (χ2v) is 9.82. The van der Waals surface area contributed by atoms with Gasteiger partial charge in [-0.2, -0.15) is 0 Å². The molecule has 2 aromatic carbocycles. The number of amides is 1. The van der Waals surface area contributed by atoms with Gasteiger partial charge in [-0.25, -0.2) is 0 Å². The average Bonchev–Trinajstić information content (AvgIpc) is 3.52. The molecule has 1 aromatic heterocycles. The first kappa shape index (κ1) is 23.5. The van der Waals surface area contributed by atoms with E-state index in [1.807, 2.05) is 12.1 Å². The van der Waals surface area contributed by atoms with Crippen LogP contribution in [0.15, 0.2) is 54.6 Å². The first-order chi connectivity index (χ1) is 16.0. The van der Waals surface area contributed by atoms with Crippen LogP contribution < -0.4 is 5.32 Å². The zero-order valence-electron chi connectivity index (χ0n) is 19.7. The van der Waals surface area contributed by atoms with Gasteiger partial charge in [-0.05, 0) is 37.9 Å². The SMILES string of the molecule is CCN(Cc1nnc(C(=O)NCc2ccc(C)cc2)s1)C1CCN(C(C)c2ccccc2)C1. The van der Waals surface area contributed by atoms with Crippen LogP contribution in [-0.4, -0.2) is 51.6 Å². The number of hydrogen-bond acceptors (Lipinski definition) is 6. The van der Waals surface area contributed by atoms with Crippen LogP contribution >= 0.6 is 11.3 Å². The van der Waals surface area contributed by atoms with Crippen LogP contribution in [0.25, 0.3) is 0 Å². The first-order valence-electron chi connectivity index (χ1n) is 11.7. The fourth-order valence-electron chi connectivity index (χ4n) is 4.41. The lowest BCUT2D eigenvalue weighted by atomic mass is 10.1. The number of rotatable bonds is 9. The highest BCUT2D eigenvalue weighted by atomic mass is 32.1. The molecule has 6 nitrogen and oxygen atoms in total. The molecular weight excluding hydrogens is 430 g/mol. The number of benzene rings is 2. The summed E-state index contributed by atoms with van der Waals surface area (Å²) >= 11 is 1.40. The molecule has 2 unspecified atom stereocenters. The molecule has 0 aliphatic carbocycles. The Balaban J connectivity index is 1.31. The van der Waals surface area contributed by atoms with Gasteiger partial charge >= 0.3 is 0 Å². The zero-order chi connectivity index (χ0) is 23.2. The number of nitrogens with zero attached hydrogens (tertiary/aromatic N) is 4. The van der Waals surface area contributed by atoms with Crippen molar-refractivity contribution in [3.8, 4) is 0 Å². The largest absolute Gasteiger partial charge is 0.346 e. The Morgan fingerprint density at radius 2 is 1.94 bits per heavy atom. The normalized spacial score (nSPS) is 17.4. The summed E-state index contributed by atoms with van der Waals surface area (Å²) in [5.74, 6) is -0.161. The van der Waals surface area contributed by atoms with Gasteiger partial charge in [-0.1, -0.05) is 78.4 Å². The van der Waals surface area contributed by atoms with E-state index in [9.17, 15) is 4.79 Å². The van der Waals surface area contributed by atoms with Crippen molar-refractivity contribution in [1.29, 1.82) is 0 Å². The molecule has 1 aliphatic rings. The number of aryl methyl sites for hydroxylation is 1. The van der Waals surface area contributed by atoms with E-state index in [4.69, 9.17) is 0 Å². The summed E-state index contributed by atoms with van der Waals surface area (Å²) in [6.07, 6.45) is 1.15. The molecule has 0 radical (unpaired) electrons. The smallest absolute Gasteiger partial charge is 0.282 e. The molecule has 2 atom stereocenters. The van der Waals surface area contributed by atoms with Gasteiger partial charge in [-0.3, -0.25) is 14.6 Å². The fraction of sp³-hybridized carbons (Fsp3) is 0.423. The Kier molecular flexibility index (Phi) is 7.85. The van der Waals surface area contributed by atoms with Crippen molar-refractivity contribution in [1.82, 2.24) is 25.3 Å². The maximum absolute atomic E-state index is 12.5. The molecule has 1 N–H and O–H groups in total. The third kappa shape index (κ3) is 6.05. The Bertz CT molecular complexity index is 1040. The van der Waals surface area contributed by atoms with Crippen molar-refractivity contribution >= 4 is 17.2 Å². The lowest BCUT2D eigenvalue weighted by Gasteiger charge is -2.29. The monoisotopic (exact) mass is 463 g/mol. The Hall–Kier alpha value is -2.61. The minimum absolute atomic E-state index is 0.161. The molecule has 1 amide bonds. The molecule has 174 valence electrons. The number of likely N-dealkylation sites (tertiary alicyclic amines) is 1.